The van der Waals surface area contributed by atoms with Gasteiger partial charge >= 0.3 is 13.7 Å². The van der Waals surface area contributed by atoms with Crippen LogP contribution in [0.4, 0.5) is 16.2 Å². The number of nitrogens with two attached hydrogens (primary N) is 1. The molecule has 4 rings (SSSR count). The van der Waals surface area contributed by atoms with Crippen LogP contribution in [0.5, 0.6) is 5.75 Å². The molecule has 1 fully saturated rings. The highest BCUT2D eigenvalue weighted by Gasteiger charge is 2.56. The maximum Gasteiger partial charge on any atom is 0.459 e. The standard InChI is InChI=1S/C24H33FN7O7P.CH4/c1-13(2)37-21(34)14(3)31-40(35,39-15-9-7-6-8-10-15)36-11-16-18(33)24(4,25)22(38-16)32-12-28-17-19(27-5)29-23(26)30-20(17)32;/h6-10,12-14,16,18,22,33H,11H2,1-5H3,(H,31,35)(H3,26,27,29,30);1H4. The number of ether oxygens (including phenoxy) is 2. The molecule has 1 saturated heterocycles. The fourth-order valence-corrected chi connectivity index (χ4v) is 5.64. The third-order valence-corrected chi connectivity index (χ3v) is 7.72. The molecule has 16 heteroatoms. The lowest BCUT2D eigenvalue weighted by atomic mass is 9.98. The fraction of sp³-hybridized carbons (Fsp3) is 0.520. The third-order valence-electron chi connectivity index (χ3n) is 6.08. The van der Waals surface area contributed by atoms with Gasteiger partial charge in [-0.3, -0.25) is 13.9 Å². The van der Waals surface area contributed by atoms with Crippen LogP contribution in [0.1, 0.15) is 41.3 Å². The third kappa shape index (κ3) is 6.93. The number of nitrogen functional groups attached to an aromatic ring is 1. The lowest BCUT2D eigenvalue weighted by Gasteiger charge is -2.25. The lowest BCUT2D eigenvalue weighted by Crippen LogP contribution is -2.41. The van der Waals surface area contributed by atoms with Crippen LogP contribution < -0.4 is 20.7 Å². The first-order chi connectivity index (χ1) is 18.8. The number of hydrogen-bond donors (Lipinski definition) is 4. The van der Waals surface area contributed by atoms with Gasteiger partial charge in [-0.2, -0.15) is 15.1 Å². The van der Waals surface area contributed by atoms with Gasteiger partial charge in [0.1, 0.15) is 24.0 Å². The summed E-state index contributed by atoms with van der Waals surface area (Å²) >= 11 is 0. The highest BCUT2D eigenvalue weighted by atomic mass is 31.2. The second-order valence-corrected chi connectivity index (χ2v) is 11.4. The number of alkyl halides is 1. The molecule has 5 N–H and O–H groups in total. The molecular formula is C25H37FN7O7P. The number of nitrogens with one attached hydrogen (secondary N) is 2. The van der Waals surface area contributed by atoms with E-state index in [2.05, 4.69) is 25.4 Å². The molecule has 3 aromatic rings. The molecule has 14 nitrogen and oxygen atoms in total. The number of aromatic nitrogens is 4. The number of para-hydroxylation sites is 1. The van der Waals surface area contributed by atoms with Crippen LogP contribution in [0, 0.1) is 0 Å². The van der Waals surface area contributed by atoms with Crippen molar-refractivity contribution in [1.29, 1.82) is 0 Å². The molecule has 0 bridgehead atoms. The Hall–Kier alpha value is -3.36. The average molecular weight is 598 g/mol. The second-order valence-electron chi connectivity index (χ2n) is 9.66. The van der Waals surface area contributed by atoms with Crippen LogP contribution in [0.15, 0.2) is 36.7 Å². The molecule has 41 heavy (non-hydrogen) atoms. The van der Waals surface area contributed by atoms with Crippen molar-refractivity contribution in [2.45, 2.75) is 71.4 Å². The second kappa shape index (κ2) is 12.7. The van der Waals surface area contributed by atoms with E-state index in [1.54, 1.807) is 51.2 Å². The summed E-state index contributed by atoms with van der Waals surface area (Å²) < 4.78 is 53.2. The van der Waals surface area contributed by atoms with Gasteiger partial charge in [0.2, 0.25) is 5.95 Å². The zero-order chi connectivity index (χ0) is 29.2. The van der Waals surface area contributed by atoms with Gasteiger partial charge in [-0.15, -0.1) is 0 Å². The van der Waals surface area contributed by atoms with Crippen molar-refractivity contribution < 1.29 is 37.4 Å². The fourth-order valence-electron chi connectivity index (χ4n) is 4.14. The summed E-state index contributed by atoms with van der Waals surface area (Å²) in [6.45, 7) is 5.37. The Morgan fingerprint density at radius 1 is 1.29 bits per heavy atom. The molecule has 1 aromatic carbocycles. The van der Waals surface area contributed by atoms with Crippen LogP contribution >= 0.6 is 7.75 Å². The Morgan fingerprint density at radius 3 is 2.61 bits per heavy atom. The smallest absolute Gasteiger partial charge is 0.459 e. The Labute approximate surface area is 237 Å². The van der Waals surface area contributed by atoms with Gasteiger partial charge in [-0.25, -0.2) is 13.9 Å². The zero-order valence-electron chi connectivity index (χ0n) is 22.6. The van der Waals surface area contributed by atoms with E-state index in [4.69, 9.17) is 24.3 Å². The molecule has 226 valence electrons. The number of halogens is 1. The van der Waals surface area contributed by atoms with Crippen molar-refractivity contribution in [2.24, 2.45) is 0 Å². The van der Waals surface area contributed by atoms with E-state index in [1.807, 2.05) is 0 Å². The van der Waals surface area contributed by atoms with Crippen LogP contribution in [-0.2, 0) is 23.4 Å². The van der Waals surface area contributed by atoms with E-state index < -0.39 is 56.6 Å². The summed E-state index contributed by atoms with van der Waals surface area (Å²) in [6.07, 6.45) is -3.52. The van der Waals surface area contributed by atoms with E-state index in [9.17, 15) is 14.5 Å². The molecular weight excluding hydrogens is 560 g/mol. The summed E-state index contributed by atoms with van der Waals surface area (Å²) in [5.41, 5.74) is 3.94. The zero-order valence-corrected chi connectivity index (χ0v) is 23.5. The maximum absolute atomic E-state index is 16.0. The SMILES string of the molecule is C.CNc1nc(N)nc2c1ncn2C1OC(COP(=O)(NC(C)C(=O)OC(C)C)Oc2ccccc2)C(O)C1(C)F. The molecule has 6 unspecified atom stereocenters. The largest absolute Gasteiger partial charge is 0.462 e. The Kier molecular flexibility index (Phi) is 9.93. The van der Waals surface area contributed by atoms with Crippen LogP contribution in [0.25, 0.3) is 11.2 Å². The number of rotatable bonds is 11. The Morgan fingerprint density at radius 2 is 1.98 bits per heavy atom. The number of fused-ring (bicyclic) bond motifs is 1. The van der Waals surface area contributed by atoms with E-state index in [0.29, 0.717) is 11.3 Å². The van der Waals surface area contributed by atoms with Gasteiger partial charge in [-0.1, -0.05) is 25.6 Å². The number of imidazole rings is 1. The van der Waals surface area contributed by atoms with Crippen molar-refractivity contribution in [1.82, 2.24) is 24.6 Å². The number of esters is 1. The first kappa shape index (κ1) is 32.2. The minimum Gasteiger partial charge on any atom is -0.462 e. The van der Waals surface area contributed by atoms with Gasteiger partial charge in [0, 0.05) is 7.05 Å². The average Bonchev–Trinajstić information content (AvgIpc) is 3.40. The molecule has 1 aliphatic heterocycles. The first-order valence-electron chi connectivity index (χ1n) is 12.5. The van der Waals surface area contributed by atoms with Gasteiger partial charge < -0.3 is 30.2 Å². The number of nitrogens with zero attached hydrogens (tertiary/aromatic N) is 4. The molecule has 0 radical (unpaired) electrons. The number of carbonyl (C=O) groups excluding carboxylic acids is 1. The minimum atomic E-state index is -4.28. The van der Waals surface area contributed by atoms with Crippen LogP contribution in [0.2, 0.25) is 0 Å². The molecule has 6 atom stereocenters. The van der Waals surface area contributed by atoms with E-state index in [1.165, 1.54) is 17.8 Å². The van der Waals surface area contributed by atoms with Crippen molar-refractivity contribution in [3.63, 3.8) is 0 Å². The quantitative estimate of drug-likeness (QED) is 0.187. The van der Waals surface area contributed by atoms with Crippen LogP contribution in [0.3, 0.4) is 0 Å². The van der Waals surface area contributed by atoms with E-state index in [-0.39, 0.29) is 24.8 Å². The van der Waals surface area contributed by atoms with Crippen molar-refractivity contribution in [3.8, 4) is 5.75 Å². The lowest BCUT2D eigenvalue weighted by molar-refractivity contribution is -0.149. The summed E-state index contributed by atoms with van der Waals surface area (Å²) in [6, 6.07) is 7.05. The highest BCUT2D eigenvalue weighted by Crippen LogP contribution is 2.48. The Bertz CT molecular complexity index is 1390. The van der Waals surface area contributed by atoms with Gasteiger partial charge in [0.05, 0.1) is 19.0 Å². The monoisotopic (exact) mass is 597 g/mol. The van der Waals surface area contributed by atoms with Crippen LogP contribution in [-0.4, -0.2) is 74.3 Å². The maximum atomic E-state index is 16.0. The van der Waals surface area contributed by atoms with E-state index in [0.717, 1.165) is 6.92 Å². The number of anilines is 2. The molecule has 0 aliphatic carbocycles. The number of benzene rings is 1. The number of carbonyl (C=O) groups is 1. The summed E-state index contributed by atoms with van der Waals surface area (Å²) in [5, 5.41) is 16.2. The minimum absolute atomic E-state index is 0. The van der Waals surface area contributed by atoms with Gasteiger partial charge in [0.25, 0.3) is 0 Å². The highest BCUT2D eigenvalue weighted by molar-refractivity contribution is 7.52. The molecule has 3 heterocycles. The summed E-state index contributed by atoms with van der Waals surface area (Å²) in [4.78, 5) is 24.8. The normalized spacial score (nSPS) is 24.4. The first-order valence-corrected chi connectivity index (χ1v) is 14.1. The van der Waals surface area contributed by atoms with Crippen molar-refractivity contribution in [2.75, 3.05) is 24.7 Å². The topological polar surface area (TPSA) is 185 Å². The van der Waals surface area contributed by atoms with E-state index >= 15 is 4.39 Å². The van der Waals surface area contributed by atoms with Gasteiger partial charge in [0.15, 0.2) is 28.9 Å². The summed E-state index contributed by atoms with van der Waals surface area (Å²) in [7, 11) is -2.66. The molecule has 2 aromatic heterocycles. The number of aliphatic hydroxyl groups excluding tert-OH is 1. The van der Waals surface area contributed by atoms with Crippen molar-refractivity contribution in [3.05, 3.63) is 36.7 Å². The Balaban J connectivity index is 0.00000462. The molecule has 0 amide bonds. The molecule has 0 spiro atoms. The number of aliphatic hydroxyl groups is 1. The van der Waals surface area contributed by atoms with Crippen molar-refractivity contribution >= 4 is 36.6 Å². The molecule has 1 aliphatic rings. The predicted octanol–water partition coefficient (Wildman–Crippen LogP) is 3.21. The predicted molar refractivity (Wildman–Crippen MR) is 150 cm³/mol. The number of hydrogen-bond acceptors (Lipinski definition) is 12. The summed E-state index contributed by atoms with van der Waals surface area (Å²) in [5.74, 6) is -0.243. The molecule has 0 saturated carbocycles. The van der Waals surface area contributed by atoms with Gasteiger partial charge in [-0.05, 0) is 39.8 Å².